The first-order valence-electron chi connectivity index (χ1n) is 7.21. The van der Waals surface area contributed by atoms with Crippen LogP contribution in [0.25, 0.3) is 0 Å². The van der Waals surface area contributed by atoms with Gasteiger partial charge < -0.3 is 15.8 Å². The monoisotopic (exact) mass is 310 g/mol. The first-order chi connectivity index (χ1) is 10.1. The summed E-state index contributed by atoms with van der Waals surface area (Å²) in [7, 11) is 0.0774. The zero-order valence-electron chi connectivity index (χ0n) is 12.3. The first kappa shape index (κ1) is 15.8. The molecule has 1 aromatic carbocycles. The Morgan fingerprint density at radius 1 is 1.38 bits per heavy atom. The Hall–Kier alpha value is -1.56. The summed E-state index contributed by atoms with van der Waals surface area (Å²) in [5.41, 5.74) is 6.24. The van der Waals surface area contributed by atoms with Crippen molar-refractivity contribution in [2.75, 3.05) is 18.6 Å². The van der Waals surface area contributed by atoms with Crippen molar-refractivity contribution in [2.45, 2.75) is 43.0 Å². The highest BCUT2D eigenvalue weighted by molar-refractivity contribution is 7.86. The van der Waals surface area contributed by atoms with Gasteiger partial charge in [-0.15, -0.1) is 0 Å². The van der Waals surface area contributed by atoms with Gasteiger partial charge in [0.15, 0.2) is 0 Å². The van der Waals surface area contributed by atoms with E-state index in [1.54, 1.807) is 18.2 Å². The number of carbonyl (C=O) groups excluding carboxylic acids is 1. The van der Waals surface area contributed by atoms with Crippen LogP contribution < -0.4 is 15.8 Å². The predicted octanol–water partition coefficient (Wildman–Crippen LogP) is 1.83. The molecule has 1 unspecified atom stereocenters. The highest BCUT2D eigenvalue weighted by atomic mass is 32.2. The second kappa shape index (κ2) is 7.45. The topological polar surface area (TPSA) is 81.4 Å². The molecule has 5 nitrogen and oxygen atoms in total. The van der Waals surface area contributed by atoms with Crippen LogP contribution in [0.1, 0.15) is 32.1 Å². The molecule has 0 radical (unpaired) electrons. The lowest BCUT2D eigenvalue weighted by Crippen LogP contribution is -2.38. The molecule has 0 saturated heterocycles. The van der Waals surface area contributed by atoms with Crippen molar-refractivity contribution in [3.8, 4) is 5.75 Å². The zero-order chi connectivity index (χ0) is 15.2. The van der Waals surface area contributed by atoms with E-state index in [9.17, 15) is 9.00 Å². The van der Waals surface area contributed by atoms with Gasteiger partial charge in [0, 0.05) is 11.7 Å². The molecule has 1 fully saturated rings. The Morgan fingerprint density at radius 2 is 2.10 bits per heavy atom. The van der Waals surface area contributed by atoms with Crippen LogP contribution in [0.2, 0.25) is 0 Å². The molecule has 0 aliphatic heterocycles. The quantitative estimate of drug-likeness (QED) is 0.813. The molecule has 1 saturated carbocycles. The maximum absolute atomic E-state index is 12.3. The Balaban J connectivity index is 1.95. The van der Waals surface area contributed by atoms with Crippen LogP contribution >= 0.6 is 0 Å². The maximum Gasteiger partial charge on any atom is 0.233 e. The third-order valence-corrected chi connectivity index (χ3v) is 5.07. The number of benzene rings is 1. The van der Waals surface area contributed by atoms with Gasteiger partial charge in [-0.3, -0.25) is 9.00 Å². The average molecular weight is 310 g/mol. The van der Waals surface area contributed by atoms with E-state index in [0.717, 1.165) is 25.7 Å². The van der Waals surface area contributed by atoms with E-state index in [4.69, 9.17) is 10.5 Å². The Morgan fingerprint density at radius 3 is 2.76 bits per heavy atom. The Labute approximate surface area is 127 Å². The Bertz CT molecular complexity index is 528. The van der Waals surface area contributed by atoms with Crippen molar-refractivity contribution in [1.82, 2.24) is 5.32 Å². The molecular formula is C15H22N2O3S. The minimum absolute atomic E-state index is 0.0616. The number of nitrogens with two attached hydrogens (primary N) is 1. The van der Waals surface area contributed by atoms with Crippen LogP contribution in [-0.4, -0.2) is 29.0 Å². The van der Waals surface area contributed by atoms with Crippen molar-refractivity contribution in [3.05, 3.63) is 18.2 Å². The van der Waals surface area contributed by atoms with Crippen molar-refractivity contribution in [1.29, 1.82) is 0 Å². The number of hydrogen-bond donors (Lipinski definition) is 2. The van der Waals surface area contributed by atoms with E-state index < -0.39 is 10.8 Å². The van der Waals surface area contributed by atoms with Crippen LogP contribution in [-0.2, 0) is 15.6 Å². The molecule has 0 aromatic heterocycles. The van der Waals surface area contributed by atoms with Gasteiger partial charge in [0.2, 0.25) is 5.91 Å². The maximum atomic E-state index is 12.3. The largest absolute Gasteiger partial charge is 0.497 e. The van der Waals surface area contributed by atoms with Crippen LogP contribution in [0.5, 0.6) is 5.75 Å². The molecule has 1 atom stereocenters. The number of rotatable bonds is 5. The molecule has 0 bridgehead atoms. The van der Waals surface area contributed by atoms with Crippen molar-refractivity contribution >= 4 is 22.4 Å². The summed E-state index contributed by atoms with van der Waals surface area (Å²) < 4.78 is 17.4. The van der Waals surface area contributed by atoms with E-state index in [1.807, 2.05) is 0 Å². The zero-order valence-corrected chi connectivity index (χ0v) is 13.1. The van der Waals surface area contributed by atoms with Gasteiger partial charge in [-0.25, -0.2) is 0 Å². The number of methoxy groups -OCH3 is 1. The van der Waals surface area contributed by atoms with Crippen molar-refractivity contribution in [3.63, 3.8) is 0 Å². The van der Waals surface area contributed by atoms with E-state index >= 15 is 0 Å². The number of amides is 1. The Kier molecular flexibility index (Phi) is 5.61. The standard InChI is InChI=1S/C15H22N2O3S/c1-20-12-7-8-13(16)14(9-12)21(19)10-15(18)17-11-5-3-2-4-6-11/h7-9,11H,2-6,10,16H2,1H3,(H,17,18). The highest BCUT2D eigenvalue weighted by Crippen LogP contribution is 2.23. The van der Waals surface area contributed by atoms with Gasteiger partial charge in [-0.2, -0.15) is 0 Å². The smallest absolute Gasteiger partial charge is 0.233 e. The SMILES string of the molecule is COc1ccc(N)c(S(=O)CC(=O)NC2CCCCC2)c1. The third kappa shape index (κ3) is 4.46. The van der Waals surface area contributed by atoms with Crippen molar-refractivity contribution in [2.24, 2.45) is 0 Å². The molecule has 1 amide bonds. The molecule has 21 heavy (non-hydrogen) atoms. The number of ether oxygens (including phenoxy) is 1. The summed E-state index contributed by atoms with van der Waals surface area (Å²) in [6, 6.07) is 5.20. The van der Waals surface area contributed by atoms with Gasteiger partial charge in [0.05, 0.1) is 22.8 Å². The average Bonchev–Trinajstić information content (AvgIpc) is 2.48. The molecule has 0 heterocycles. The molecule has 2 rings (SSSR count). The number of carbonyl (C=O) groups is 1. The molecule has 1 aromatic rings. The van der Waals surface area contributed by atoms with Gasteiger partial charge in [-0.1, -0.05) is 19.3 Å². The summed E-state index contributed by atoms with van der Waals surface area (Å²) in [6.07, 6.45) is 5.56. The molecule has 116 valence electrons. The minimum atomic E-state index is -1.46. The van der Waals surface area contributed by atoms with Gasteiger partial charge in [-0.05, 0) is 31.0 Å². The number of hydrogen-bond acceptors (Lipinski definition) is 4. The minimum Gasteiger partial charge on any atom is -0.497 e. The third-order valence-electron chi connectivity index (χ3n) is 3.70. The van der Waals surface area contributed by atoms with E-state index in [0.29, 0.717) is 16.3 Å². The lowest BCUT2D eigenvalue weighted by atomic mass is 9.95. The molecule has 1 aliphatic carbocycles. The fraction of sp³-hybridized carbons (Fsp3) is 0.533. The number of nitrogens with one attached hydrogen (secondary N) is 1. The summed E-state index contributed by atoms with van der Waals surface area (Å²) in [5.74, 6) is 0.344. The fourth-order valence-corrected chi connectivity index (χ4v) is 3.61. The summed E-state index contributed by atoms with van der Waals surface area (Å²) in [4.78, 5) is 12.4. The van der Waals surface area contributed by atoms with Crippen LogP contribution in [0, 0.1) is 0 Å². The second-order valence-electron chi connectivity index (χ2n) is 5.30. The molecule has 6 heteroatoms. The van der Waals surface area contributed by atoms with Gasteiger partial charge >= 0.3 is 0 Å². The fourth-order valence-electron chi connectivity index (χ4n) is 2.55. The van der Waals surface area contributed by atoms with Crippen LogP contribution in [0.4, 0.5) is 5.69 Å². The van der Waals surface area contributed by atoms with E-state index in [-0.39, 0.29) is 17.7 Å². The normalized spacial score (nSPS) is 17.2. The number of anilines is 1. The van der Waals surface area contributed by atoms with Crippen LogP contribution in [0.3, 0.4) is 0 Å². The van der Waals surface area contributed by atoms with Crippen molar-refractivity contribution < 1.29 is 13.7 Å². The van der Waals surface area contributed by atoms with Gasteiger partial charge in [0.1, 0.15) is 11.5 Å². The van der Waals surface area contributed by atoms with E-state index in [1.165, 1.54) is 13.5 Å². The lowest BCUT2D eigenvalue weighted by molar-refractivity contribution is -0.119. The van der Waals surface area contributed by atoms with Crippen LogP contribution in [0.15, 0.2) is 23.1 Å². The summed E-state index contributed by atoms with van der Waals surface area (Å²) in [6.45, 7) is 0. The summed E-state index contributed by atoms with van der Waals surface area (Å²) in [5, 5.41) is 2.96. The molecule has 0 spiro atoms. The molecule has 3 N–H and O–H groups in total. The summed E-state index contributed by atoms with van der Waals surface area (Å²) >= 11 is 0. The van der Waals surface area contributed by atoms with Gasteiger partial charge in [0.25, 0.3) is 0 Å². The predicted molar refractivity (Wildman–Crippen MR) is 83.7 cm³/mol. The lowest BCUT2D eigenvalue weighted by Gasteiger charge is -2.22. The second-order valence-corrected chi connectivity index (χ2v) is 6.72. The highest BCUT2D eigenvalue weighted by Gasteiger charge is 2.18. The number of nitrogen functional groups attached to an aromatic ring is 1. The molecule has 1 aliphatic rings. The van der Waals surface area contributed by atoms with E-state index in [2.05, 4.69) is 5.32 Å². The first-order valence-corrected chi connectivity index (χ1v) is 8.53. The molecular weight excluding hydrogens is 288 g/mol.